The molecule has 2 amide bonds. The molecule has 0 radical (unpaired) electrons. The molecule has 3 aromatic carbocycles. The number of para-hydroxylation sites is 1. The summed E-state index contributed by atoms with van der Waals surface area (Å²) in [5.41, 5.74) is 3.69. The highest BCUT2D eigenvalue weighted by Gasteiger charge is 2.42. The molecule has 0 bridgehead atoms. The zero-order valence-electron chi connectivity index (χ0n) is 23.5. The van der Waals surface area contributed by atoms with E-state index in [2.05, 4.69) is 45.2 Å². The normalized spacial score (nSPS) is 15.3. The van der Waals surface area contributed by atoms with Crippen LogP contribution in [0.3, 0.4) is 0 Å². The molecule has 0 unspecified atom stereocenters. The molecular weight excluding hydrogens is 512 g/mol. The van der Waals surface area contributed by atoms with Gasteiger partial charge in [0.2, 0.25) is 11.8 Å². The number of rotatable bonds is 13. The predicted octanol–water partition coefficient (Wildman–Crippen LogP) is 4.33. The van der Waals surface area contributed by atoms with Crippen molar-refractivity contribution < 1.29 is 14.3 Å². The number of benzene rings is 3. The minimum atomic E-state index is -0.876. The average molecular weight is 553 g/mol. The van der Waals surface area contributed by atoms with Gasteiger partial charge in [-0.2, -0.15) is 0 Å². The number of aromatic nitrogens is 1. The van der Waals surface area contributed by atoms with Crippen molar-refractivity contribution in [1.29, 1.82) is 0 Å². The molecule has 0 saturated carbocycles. The predicted molar refractivity (Wildman–Crippen MR) is 163 cm³/mol. The van der Waals surface area contributed by atoms with E-state index in [9.17, 15) is 9.59 Å². The van der Waals surface area contributed by atoms with E-state index in [1.807, 2.05) is 66.9 Å². The quantitative estimate of drug-likeness (QED) is 0.186. The maximum Gasteiger partial charge on any atom is 0.240 e. The Hall–Kier alpha value is -3.94. The molecule has 0 aliphatic carbocycles. The lowest BCUT2D eigenvalue weighted by Gasteiger charge is -2.39. The lowest BCUT2D eigenvalue weighted by atomic mass is 9.87. The van der Waals surface area contributed by atoms with Gasteiger partial charge in [-0.3, -0.25) is 14.9 Å². The van der Waals surface area contributed by atoms with Crippen molar-refractivity contribution in [3.8, 4) is 0 Å². The van der Waals surface area contributed by atoms with Crippen LogP contribution in [0.2, 0.25) is 0 Å². The van der Waals surface area contributed by atoms with Crippen molar-refractivity contribution >= 4 is 22.7 Å². The highest BCUT2D eigenvalue weighted by molar-refractivity contribution is 5.89. The van der Waals surface area contributed by atoms with Crippen LogP contribution in [-0.2, 0) is 33.6 Å². The lowest BCUT2D eigenvalue weighted by Crippen LogP contribution is -2.65. The number of amides is 2. The molecule has 41 heavy (non-hydrogen) atoms. The first-order valence-electron chi connectivity index (χ1n) is 14.7. The maximum atomic E-state index is 13.8. The van der Waals surface area contributed by atoms with Gasteiger partial charge in [-0.1, -0.05) is 78.9 Å². The number of hydrogen-bond acceptors (Lipinski definition) is 4. The van der Waals surface area contributed by atoms with Crippen LogP contribution in [-0.4, -0.2) is 54.7 Å². The lowest BCUT2D eigenvalue weighted by molar-refractivity contribution is -0.133. The summed E-state index contributed by atoms with van der Waals surface area (Å²) in [7, 11) is 0. The first-order valence-corrected chi connectivity index (χ1v) is 14.7. The SMILES string of the molecule is O=C(NCCCc1ccccc1)[C@H](Cc1ccccc1)NC1(C(=O)NCCc2c[nH]c3ccccc23)CCOCC1. The van der Waals surface area contributed by atoms with E-state index in [1.165, 1.54) is 16.5 Å². The van der Waals surface area contributed by atoms with Gasteiger partial charge in [0.15, 0.2) is 0 Å². The zero-order valence-corrected chi connectivity index (χ0v) is 23.5. The van der Waals surface area contributed by atoms with Crippen molar-refractivity contribution in [1.82, 2.24) is 20.9 Å². The van der Waals surface area contributed by atoms with Crippen LogP contribution < -0.4 is 16.0 Å². The molecule has 1 fully saturated rings. The third-order valence-corrected chi connectivity index (χ3v) is 7.97. The number of nitrogens with one attached hydrogen (secondary N) is 4. The first-order chi connectivity index (χ1) is 20.1. The van der Waals surface area contributed by atoms with Crippen molar-refractivity contribution in [3.63, 3.8) is 0 Å². The number of carbonyl (C=O) groups excluding carboxylic acids is 2. The summed E-state index contributed by atoms with van der Waals surface area (Å²) in [6.07, 6.45) is 6.00. The number of ether oxygens (including phenoxy) is 1. The van der Waals surface area contributed by atoms with Gasteiger partial charge in [0.05, 0.1) is 6.04 Å². The van der Waals surface area contributed by atoms with Gasteiger partial charge in [0.1, 0.15) is 5.54 Å². The molecule has 1 atom stereocenters. The fourth-order valence-electron chi connectivity index (χ4n) is 5.64. The van der Waals surface area contributed by atoms with Gasteiger partial charge < -0.3 is 20.4 Å². The summed E-state index contributed by atoms with van der Waals surface area (Å²) in [5.74, 6) is -0.157. The van der Waals surface area contributed by atoms with Crippen LogP contribution in [0.1, 0.15) is 36.0 Å². The van der Waals surface area contributed by atoms with Gasteiger partial charge in [-0.25, -0.2) is 0 Å². The monoisotopic (exact) mass is 552 g/mol. The summed E-state index contributed by atoms with van der Waals surface area (Å²) in [5, 5.41) is 11.0. The minimum Gasteiger partial charge on any atom is -0.381 e. The number of hydrogen-bond donors (Lipinski definition) is 4. The third kappa shape index (κ3) is 7.63. The van der Waals surface area contributed by atoms with Gasteiger partial charge in [0, 0.05) is 43.4 Å². The Labute approximate surface area is 242 Å². The number of aromatic amines is 1. The summed E-state index contributed by atoms with van der Waals surface area (Å²) < 4.78 is 5.64. The number of carbonyl (C=O) groups is 2. The van der Waals surface area contributed by atoms with E-state index in [0.717, 1.165) is 30.3 Å². The largest absolute Gasteiger partial charge is 0.381 e. The summed E-state index contributed by atoms with van der Waals surface area (Å²) in [6, 6.07) is 27.9. The molecule has 4 N–H and O–H groups in total. The number of H-pyrrole nitrogens is 1. The van der Waals surface area contributed by atoms with Gasteiger partial charge in [-0.15, -0.1) is 0 Å². The Morgan fingerprint density at radius 1 is 0.805 bits per heavy atom. The second-order valence-electron chi connectivity index (χ2n) is 10.8. The molecule has 0 spiro atoms. The van der Waals surface area contributed by atoms with E-state index in [0.29, 0.717) is 45.6 Å². The Morgan fingerprint density at radius 3 is 2.24 bits per heavy atom. The Morgan fingerprint density at radius 2 is 1.49 bits per heavy atom. The van der Waals surface area contributed by atoms with Gasteiger partial charge in [0.25, 0.3) is 0 Å². The molecule has 7 heteroatoms. The van der Waals surface area contributed by atoms with Crippen LogP contribution in [0.5, 0.6) is 0 Å². The highest BCUT2D eigenvalue weighted by Crippen LogP contribution is 2.24. The van der Waals surface area contributed by atoms with E-state index in [1.54, 1.807) is 0 Å². The molecule has 1 saturated heterocycles. The summed E-state index contributed by atoms with van der Waals surface area (Å²) >= 11 is 0. The molecule has 4 aromatic rings. The van der Waals surface area contributed by atoms with Crippen molar-refractivity contribution in [2.24, 2.45) is 0 Å². The number of aryl methyl sites for hydroxylation is 1. The molecule has 5 rings (SSSR count). The number of fused-ring (bicyclic) bond motifs is 1. The van der Waals surface area contributed by atoms with Crippen LogP contribution in [0, 0.1) is 0 Å². The molecule has 7 nitrogen and oxygen atoms in total. The average Bonchev–Trinajstić information content (AvgIpc) is 3.43. The summed E-state index contributed by atoms with van der Waals surface area (Å²) in [6.45, 7) is 2.03. The first kappa shape index (κ1) is 28.6. The molecule has 2 heterocycles. The molecular formula is C34H40N4O3. The molecule has 1 aliphatic heterocycles. The van der Waals surface area contributed by atoms with E-state index in [4.69, 9.17) is 4.74 Å². The third-order valence-electron chi connectivity index (χ3n) is 7.97. The topological polar surface area (TPSA) is 95.3 Å². The maximum absolute atomic E-state index is 13.8. The van der Waals surface area contributed by atoms with Crippen LogP contribution >= 0.6 is 0 Å². The zero-order chi connectivity index (χ0) is 28.3. The molecule has 1 aliphatic rings. The molecule has 1 aromatic heterocycles. The minimum absolute atomic E-state index is 0.0735. The van der Waals surface area contributed by atoms with Crippen LogP contribution in [0.15, 0.2) is 91.1 Å². The van der Waals surface area contributed by atoms with Crippen molar-refractivity contribution in [3.05, 3.63) is 108 Å². The fraction of sp³-hybridized carbons (Fsp3) is 0.353. The Balaban J connectivity index is 1.24. The smallest absolute Gasteiger partial charge is 0.240 e. The van der Waals surface area contributed by atoms with Crippen LogP contribution in [0.25, 0.3) is 10.9 Å². The fourth-order valence-corrected chi connectivity index (χ4v) is 5.64. The van der Waals surface area contributed by atoms with E-state index >= 15 is 0 Å². The van der Waals surface area contributed by atoms with Crippen molar-refractivity contribution in [2.75, 3.05) is 26.3 Å². The standard InChI is InChI=1S/C34H40N4O3/c39-32(35-20-9-14-26-10-3-1-4-11-26)31(24-27-12-5-2-6-13-27)38-34(18-22-41-23-19-34)33(40)36-21-17-28-25-37-30-16-8-7-15-29(28)30/h1-8,10-13,15-16,25,31,37-38H,9,14,17-24H2,(H,35,39)(H,36,40)/t31-/m0/s1. The summed E-state index contributed by atoms with van der Waals surface area (Å²) in [4.78, 5) is 30.6. The second-order valence-corrected chi connectivity index (χ2v) is 10.8. The van der Waals surface area contributed by atoms with Crippen molar-refractivity contribution in [2.45, 2.75) is 50.1 Å². The van der Waals surface area contributed by atoms with E-state index in [-0.39, 0.29) is 11.8 Å². The van der Waals surface area contributed by atoms with E-state index < -0.39 is 11.6 Å². The molecule has 214 valence electrons. The van der Waals surface area contributed by atoms with Gasteiger partial charge in [-0.05, 0) is 61.3 Å². The second kappa shape index (κ2) is 14.1. The van der Waals surface area contributed by atoms with Crippen LogP contribution in [0.4, 0.5) is 0 Å². The Kier molecular flexibility index (Phi) is 9.83. The highest BCUT2D eigenvalue weighted by atomic mass is 16.5. The van der Waals surface area contributed by atoms with Gasteiger partial charge >= 0.3 is 0 Å². The Bertz CT molecular complexity index is 1400.